The second-order valence-electron chi connectivity index (χ2n) is 11.4. The van der Waals surface area contributed by atoms with Crippen molar-refractivity contribution in [1.29, 1.82) is 0 Å². The highest BCUT2D eigenvalue weighted by atomic mass is 19.1. The quantitative estimate of drug-likeness (QED) is 0.330. The number of anilines is 1. The number of rotatable bonds is 6. The van der Waals surface area contributed by atoms with Gasteiger partial charge in [0.2, 0.25) is 5.91 Å². The third-order valence-corrected chi connectivity index (χ3v) is 8.42. The molecule has 9 nitrogen and oxygen atoms in total. The third-order valence-electron chi connectivity index (χ3n) is 8.42. The number of piperidine rings is 1. The minimum atomic E-state index is -1.17. The van der Waals surface area contributed by atoms with Gasteiger partial charge in [-0.15, -0.1) is 0 Å². The molecule has 6 rings (SSSR count). The first-order valence-electron chi connectivity index (χ1n) is 13.9. The average Bonchev–Trinajstić information content (AvgIpc) is 3.31. The van der Waals surface area contributed by atoms with Crippen LogP contribution in [0.25, 0.3) is 16.8 Å². The van der Waals surface area contributed by atoms with E-state index < -0.39 is 17.2 Å². The van der Waals surface area contributed by atoms with E-state index in [2.05, 4.69) is 32.2 Å². The highest BCUT2D eigenvalue weighted by Crippen LogP contribution is 2.42. The number of pyridine rings is 1. The number of nitrogens with two attached hydrogens (primary N) is 1. The van der Waals surface area contributed by atoms with Crippen molar-refractivity contribution in [3.63, 3.8) is 0 Å². The lowest BCUT2D eigenvalue weighted by Gasteiger charge is -2.43. The fourth-order valence-corrected chi connectivity index (χ4v) is 6.12. The standard InChI is InChI=1S/C30H33F2N7O2/c1-17-15-38(16-24(33)29(17)36-18(2)40)26-6-9-34-13-19(26)10-27-35-14-21-4-5-25(37-39(21)27)28-22(31)11-20(12-23(28)32)30(41)7-3-8-30/h4-6,9,11-14,17,24,29,41H,3,7-8,10,15-16,33H2,1-2H3,(H,36,40)/t17-,24+,29-/m0/s1. The lowest BCUT2D eigenvalue weighted by atomic mass is 9.75. The first-order chi connectivity index (χ1) is 19.6. The molecular weight excluding hydrogens is 528 g/mol. The summed E-state index contributed by atoms with van der Waals surface area (Å²) in [5.74, 6) is -0.920. The lowest BCUT2D eigenvalue weighted by Crippen LogP contribution is -2.61. The van der Waals surface area contributed by atoms with E-state index in [-0.39, 0.29) is 40.7 Å². The van der Waals surface area contributed by atoms with Gasteiger partial charge < -0.3 is 21.1 Å². The molecule has 2 aliphatic rings. The second kappa shape index (κ2) is 10.5. The van der Waals surface area contributed by atoms with Crippen LogP contribution >= 0.6 is 0 Å². The molecule has 0 unspecified atom stereocenters. The maximum atomic E-state index is 15.2. The maximum absolute atomic E-state index is 15.2. The number of nitrogens with zero attached hydrogens (tertiary/aromatic N) is 5. The van der Waals surface area contributed by atoms with Gasteiger partial charge in [-0.25, -0.2) is 18.3 Å². The average molecular weight is 562 g/mol. The number of carbonyl (C=O) groups excluding carboxylic acids is 1. The first-order valence-corrected chi connectivity index (χ1v) is 13.9. The van der Waals surface area contributed by atoms with Crippen molar-refractivity contribution in [2.24, 2.45) is 11.7 Å². The van der Waals surface area contributed by atoms with Crippen LogP contribution in [0.15, 0.2) is 48.9 Å². The zero-order valence-corrected chi connectivity index (χ0v) is 23.0. The number of amides is 1. The van der Waals surface area contributed by atoms with E-state index in [0.29, 0.717) is 43.7 Å². The Labute approximate surface area is 236 Å². The first kappa shape index (κ1) is 27.2. The summed E-state index contributed by atoms with van der Waals surface area (Å²) in [5.41, 5.74) is 7.99. The Morgan fingerprint density at radius 2 is 1.93 bits per heavy atom. The summed E-state index contributed by atoms with van der Waals surface area (Å²) >= 11 is 0. The Balaban J connectivity index is 1.30. The molecule has 1 aliphatic carbocycles. The predicted molar refractivity (Wildman–Crippen MR) is 150 cm³/mol. The normalized spacial score (nSPS) is 22.0. The minimum Gasteiger partial charge on any atom is -0.385 e. The summed E-state index contributed by atoms with van der Waals surface area (Å²) in [4.78, 5) is 22.7. The van der Waals surface area contributed by atoms with Gasteiger partial charge in [0.1, 0.15) is 17.5 Å². The molecule has 2 fully saturated rings. The number of benzene rings is 1. The molecule has 3 aromatic heterocycles. The molecule has 1 aromatic carbocycles. The van der Waals surface area contributed by atoms with Crippen LogP contribution in [-0.2, 0) is 16.8 Å². The third kappa shape index (κ3) is 5.04. The van der Waals surface area contributed by atoms with Crippen molar-refractivity contribution in [2.75, 3.05) is 18.0 Å². The van der Waals surface area contributed by atoms with Crippen molar-refractivity contribution in [3.8, 4) is 11.3 Å². The highest BCUT2D eigenvalue weighted by molar-refractivity contribution is 5.73. The van der Waals surface area contributed by atoms with E-state index in [1.807, 2.05) is 6.07 Å². The van der Waals surface area contributed by atoms with Gasteiger partial charge in [-0.3, -0.25) is 9.78 Å². The van der Waals surface area contributed by atoms with Crippen LogP contribution in [0.5, 0.6) is 0 Å². The number of nitrogens with one attached hydrogen (secondary N) is 1. The van der Waals surface area contributed by atoms with E-state index in [1.54, 1.807) is 35.2 Å². The summed E-state index contributed by atoms with van der Waals surface area (Å²) in [6.45, 7) is 4.82. The number of carbonyl (C=O) groups is 1. The van der Waals surface area contributed by atoms with E-state index in [1.165, 1.54) is 19.1 Å². The second-order valence-corrected chi connectivity index (χ2v) is 11.4. The van der Waals surface area contributed by atoms with Gasteiger partial charge in [-0.05, 0) is 61.1 Å². The summed E-state index contributed by atoms with van der Waals surface area (Å²) in [6.07, 6.45) is 7.35. The van der Waals surface area contributed by atoms with Crippen molar-refractivity contribution in [1.82, 2.24) is 24.9 Å². The molecule has 4 heterocycles. The number of aromatic nitrogens is 4. The van der Waals surface area contributed by atoms with E-state index in [9.17, 15) is 9.90 Å². The zero-order chi connectivity index (χ0) is 28.9. The minimum absolute atomic E-state index is 0.0974. The van der Waals surface area contributed by atoms with Crippen molar-refractivity contribution in [2.45, 2.75) is 57.2 Å². The molecule has 4 N–H and O–H groups in total. The summed E-state index contributed by atoms with van der Waals surface area (Å²) in [6, 6.07) is 7.29. The number of hydrogen-bond donors (Lipinski definition) is 3. The molecular formula is C30H33F2N7O2. The van der Waals surface area contributed by atoms with E-state index >= 15 is 8.78 Å². The predicted octanol–water partition coefficient (Wildman–Crippen LogP) is 3.32. The molecule has 1 amide bonds. The summed E-state index contributed by atoms with van der Waals surface area (Å²) in [7, 11) is 0. The van der Waals surface area contributed by atoms with Crippen LogP contribution in [0.4, 0.5) is 14.5 Å². The molecule has 1 aliphatic heterocycles. The fourth-order valence-electron chi connectivity index (χ4n) is 6.12. The Morgan fingerprint density at radius 1 is 1.17 bits per heavy atom. The van der Waals surface area contributed by atoms with Crippen molar-refractivity contribution >= 4 is 17.1 Å². The van der Waals surface area contributed by atoms with E-state index in [0.717, 1.165) is 17.7 Å². The molecule has 0 radical (unpaired) electrons. The summed E-state index contributed by atoms with van der Waals surface area (Å²) < 4.78 is 32.0. The van der Waals surface area contributed by atoms with Crippen LogP contribution in [0.2, 0.25) is 0 Å². The Bertz CT molecular complexity index is 1580. The van der Waals surface area contributed by atoms with Crippen LogP contribution in [-0.4, -0.2) is 55.8 Å². The van der Waals surface area contributed by atoms with Crippen molar-refractivity contribution < 1.29 is 18.7 Å². The van der Waals surface area contributed by atoms with Crippen LogP contribution in [0.3, 0.4) is 0 Å². The van der Waals surface area contributed by atoms with Gasteiger partial charge in [0.15, 0.2) is 0 Å². The molecule has 0 bridgehead atoms. The molecule has 3 atom stereocenters. The Kier molecular flexibility index (Phi) is 6.95. The fraction of sp³-hybridized carbons (Fsp3) is 0.400. The Hall–Kier alpha value is -3.96. The molecule has 4 aromatic rings. The molecule has 214 valence electrons. The van der Waals surface area contributed by atoms with Gasteiger partial charge >= 0.3 is 0 Å². The molecule has 0 spiro atoms. The maximum Gasteiger partial charge on any atom is 0.217 e. The molecule has 41 heavy (non-hydrogen) atoms. The molecule has 11 heteroatoms. The Morgan fingerprint density at radius 3 is 2.59 bits per heavy atom. The van der Waals surface area contributed by atoms with Gasteiger partial charge in [0.05, 0.1) is 28.6 Å². The monoisotopic (exact) mass is 561 g/mol. The van der Waals surface area contributed by atoms with Gasteiger partial charge in [0.25, 0.3) is 0 Å². The van der Waals surface area contributed by atoms with Crippen LogP contribution in [0, 0.1) is 17.6 Å². The topological polar surface area (TPSA) is 122 Å². The van der Waals surface area contributed by atoms with Gasteiger partial charge in [-0.1, -0.05) is 6.92 Å². The highest BCUT2D eigenvalue weighted by Gasteiger charge is 2.38. The van der Waals surface area contributed by atoms with E-state index in [4.69, 9.17) is 5.73 Å². The van der Waals surface area contributed by atoms with Crippen LogP contribution in [0.1, 0.15) is 50.1 Å². The van der Waals surface area contributed by atoms with Crippen molar-refractivity contribution in [3.05, 3.63) is 77.5 Å². The number of hydrogen-bond acceptors (Lipinski definition) is 7. The summed E-state index contributed by atoms with van der Waals surface area (Å²) in [5, 5.41) is 18.1. The zero-order valence-electron chi connectivity index (χ0n) is 23.0. The largest absolute Gasteiger partial charge is 0.385 e. The lowest BCUT2D eigenvalue weighted by molar-refractivity contribution is -0.120. The molecule has 1 saturated heterocycles. The number of aliphatic hydroxyl groups is 1. The van der Waals surface area contributed by atoms with Gasteiger partial charge in [0, 0.05) is 62.2 Å². The number of halogens is 2. The van der Waals surface area contributed by atoms with Gasteiger partial charge in [-0.2, -0.15) is 5.10 Å². The SMILES string of the molecule is CC(=O)N[C@@H]1[C@H](N)CN(c2ccncc2Cc2ncc3ccc(-c4c(F)cc(C5(O)CCC5)cc4F)nn23)C[C@@H]1C. The number of fused-ring (bicyclic) bond motifs is 1. The number of imidazole rings is 1. The smallest absolute Gasteiger partial charge is 0.217 e. The molecule has 1 saturated carbocycles. The van der Waals surface area contributed by atoms with Crippen LogP contribution < -0.4 is 16.0 Å².